The maximum Gasteiger partial charge on any atom is 0.0662 e. The zero-order valence-electron chi connectivity index (χ0n) is 8.18. The molecule has 2 N–H and O–H groups in total. The molecule has 1 unspecified atom stereocenters. The van der Waals surface area contributed by atoms with Crippen molar-refractivity contribution in [1.82, 2.24) is 10.3 Å². The smallest absolute Gasteiger partial charge is 0.0662 e. The van der Waals surface area contributed by atoms with E-state index < -0.39 is 0 Å². The highest BCUT2D eigenvalue weighted by Crippen LogP contribution is 2.22. The Bertz CT molecular complexity index is 268. The molecule has 0 saturated carbocycles. The minimum absolute atomic E-state index is 0.375. The van der Waals surface area contributed by atoms with Gasteiger partial charge in [-0.1, -0.05) is 0 Å². The number of ether oxygens (including phenoxy) is 1. The Morgan fingerprint density at radius 1 is 1.46 bits per heavy atom. The summed E-state index contributed by atoms with van der Waals surface area (Å²) in [5.41, 5.74) is 3.95. The first kappa shape index (κ1) is 8.78. The van der Waals surface area contributed by atoms with Crippen LogP contribution in [0.1, 0.15) is 22.9 Å². The molecule has 0 radical (unpaired) electrons. The van der Waals surface area contributed by atoms with Crippen molar-refractivity contribution in [2.24, 2.45) is 0 Å². The lowest BCUT2D eigenvalue weighted by Crippen LogP contribution is -2.35. The molecule has 0 spiro atoms. The number of hydrogen-bond donors (Lipinski definition) is 2. The van der Waals surface area contributed by atoms with Crippen LogP contribution in [0.4, 0.5) is 0 Å². The maximum atomic E-state index is 5.44. The number of H-pyrrole nitrogens is 1. The van der Waals surface area contributed by atoms with Crippen molar-refractivity contribution in [2.45, 2.75) is 19.9 Å². The highest BCUT2D eigenvalue weighted by molar-refractivity contribution is 5.32. The van der Waals surface area contributed by atoms with Gasteiger partial charge in [0.15, 0.2) is 0 Å². The molecule has 1 aliphatic heterocycles. The molecule has 1 aromatic heterocycles. The molecule has 13 heavy (non-hydrogen) atoms. The Hall–Kier alpha value is -0.800. The Kier molecular flexibility index (Phi) is 2.38. The van der Waals surface area contributed by atoms with Crippen molar-refractivity contribution < 1.29 is 4.74 Å². The quantitative estimate of drug-likeness (QED) is 0.683. The van der Waals surface area contributed by atoms with E-state index in [2.05, 4.69) is 30.3 Å². The van der Waals surface area contributed by atoms with E-state index in [0.717, 1.165) is 19.8 Å². The van der Waals surface area contributed by atoms with Crippen molar-refractivity contribution in [3.8, 4) is 0 Å². The summed E-state index contributed by atoms with van der Waals surface area (Å²) in [6, 6.07) is 0.375. The van der Waals surface area contributed by atoms with E-state index in [1.165, 1.54) is 16.8 Å². The third kappa shape index (κ3) is 1.62. The summed E-state index contributed by atoms with van der Waals surface area (Å²) in [4.78, 5) is 3.24. The van der Waals surface area contributed by atoms with Gasteiger partial charge in [0.2, 0.25) is 0 Å². The highest BCUT2D eigenvalue weighted by atomic mass is 16.5. The van der Waals surface area contributed by atoms with Crippen LogP contribution in [0.15, 0.2) is 6.20 Å². The van der Waals surface area contributed by atoms with Gasteiger partial charge in [-0.15, -0.1) is 0 Å². The molecule has 1 aromatic rings. The largest absolute Gasteiger partial charge is 0.378 e. The van der Waals surface area contributed by atoms with Crippen LogP contribution in [-0.2, 0) is 4.74 Å². The molecular formula is C10H16N2O. The minimum Gasteiger partial charge on any atom is -0.378 e. The third-order valence-electron chi connectivity index (χ3n) is 2.60. The van der Waals surface area contributed by atoms with Crippen molar-refractivity contribution in [3.63, 3.8) is 0 Å². The van der Waals surface area contributed by atoms with Gasteiger partial charge in [-0.2, -0.15) is 0 Å². The second-order valence-corrected chi connectivity index (χ2v) is 3.59. The van der Waals surface area contributed by atoms with E-state index in [-0.39, 0.29) is 0 Å². The summed E-state index contributed by atoms with van der Waals surface area (Å²) < 4.78 is 5.44. The monoisotopic (exact) mass is 180 g/mol. The third-order valence-corrected chi connectivity index (χ3v) is 2.60. The van der Waals surface area contributed by atoms with Crippen LogP contribution in [0.5, 0.6) is 0 Å². The van der Waals surface area contributed by atoms with E-state index in [1.54, 1.807) is 0 Å². The van der Waals surface area contributed by atoms with Gasteiger partial charge in [0, 0.05) is 18.4 Å². The van der Waals surface area contributed by atoms with Gasteiger partial charge in [0.25, 0.3) is 0 Å². The van der Waals surface area contributed by atoms with Crippen molar-refractivity contribution >= 4 is 0 Å². The number of rotatable bonds is 1. The lowest BCUT2D eigenvalue weighted by Gasteiger charge is -2.24. The van der Waals surface area contributed by atoms with Crippen LogP contribution >= 0.6 is 0 Å². The van der Waals surface area contributed by atoms with Gasteiger partial charge in [0.05, 0.1) is 19.3 Å². The standard InChI is InChI=1S/C10H16N2O/c1-7-5-12-8(2)10(7)9-6-13-4-3-11-9/h5,9,11-12H,3-4,6H2,1-2H3. The zero-order chi connectivity index (χ0) is 9.26. The fraction of sp³-hybridized carbons (Fsp3) is 0.600. The van der Waals surface area contributed by atoms with Gasteiger partial charge in [0.1, 0.15) is 0 Å². The number of morpholine rings is 1. The lowest BCUT2D eigenvalue weighted by atomic mass is 10.0. The molecule has 1 aliphatic rings. The molecule has 0 aliphatic carbocycles. The Labute approximate surface area is 78.5 Å². The molecule has 0 aromatic carbocycles. The predicted octanol–water partition coefficient (Wildman–Crippen LogP) is 1.29. The molecule has 3 heteroatoms. The fourth-order valence-electron chi connectivity index (χ4n) is 1.95. The first-order valence-electron chi connectivity index (χ1n) is 4.74. The summed E-state index contributed by atoms with van der Waals surface area (Å²) in [5, 5.41) is 3.46. The van der Waals surface area contributed by atoms with Gasteiger partial charge >= 0.3 is 0 Å². The van der Waals surface area contributed by atoms with Crippen LogP contribution in [-0.4, -0.2) is 24.7 Å². The molecule has 2 heterocycles. The Morgan fingerprint density at radius 3 is 2.85 bits per heavy atom. The molecular weight excluding hydrogens is 164 g/mol. The summed E-state index contributed by atoms with van der Waals surface area (Å²) in [7, 11) is 0. The number of nitrogens with one attached hydrogen (secondary N) is 2. The average Bonchev–Trinajstić information content (AvgIpc) is 2.48. The van der Waals surface area contributed by atoms with Crippen LogP contribution in [0, 0.1) is 13.8 Å². The van der Waals surface area contributed by atoms with E-state index >= 15 is 0 Å². The predicted molar refractivity (Wildman–Crippen MR) is 51.8 cm³/mol. The second kappa shape index (κ2) is 3.52. The fourth-order valence-corrected chi connectivity index (χ4v) is 1.95. The van der Waals surface area contributed by atoms with Crippen LogP contribution in [0.3, 0.4) is 0 Å². The molecule has 1 saturated heterocycles. The van der Waals surface area contributed by atoms with Gasteiger partial charge < -0.3 is 15.0 Å². The summed E-state index contributed by atoms with van der Waals surface area (Å²) in [6.45, 7) is 6.82. The van der Waals surface area contributed by atoms with E-state index in [1.807, 2.05) is 0 Å². The number of aromatic nitrogens is 1. The van der Waals surface area contributed by atoms with Crippen molar-refractivity contribution in [2.75, 3.05) is 19.8 Å². The molecule has 2 rings (SSSR count). The number of hydrogen-bond acceptors (Lipinski definition) is 2. The second-order valence-electron chi connectivity index (χ2n) is 3.59. The summed E-state index contributed by atoms with van der Waals surface area (Å²) in [5.74, 6) is 0. The molecule has 3 nitrogen and oxygen atoms in total. The van der Waals surface area contributed by atoms with Crippen LogP contribution in [0.25, 0.3) is 0 Å². The van der Waals surface area contributed by atoms with Crippen LogP contribution < -0.4 is 5.32 Å². The zero-order valence-corrected chi connectivity index (χ0v) is 8.18. The van der Waals surface area contributed by atoms with E-state index in [9.17, 15) is 0 Å². The maximum absolute atomic E-state index is 5.44. The summed E-state index contributed by atoms with van der Waals surface area (Å²) >= 11 is 0. The van der Waals surface area contributed by atoms with Crippen molar-refractivity contribution in [3.05, 3.63) is 23.0 Å². The van der Waals surface area contributed by atoms with Gasteiger partial charge in [-0.25, -0.2) is 0 Å². The summed E-state index contributed by atoms with van der Waals surface area (Å²) in [6.07, 6.45) is 2.06. The lowest BCUT2D eigenvalue weighted by molar-refractivity contribution is 0.0765. The molecule has 1 atom stereocenters. The van der Waals surface area contributed by atoms with E-state index in [0.29, 0.717) is 6.04 Å². The molecule has 0 amide bonds. The Morgan fingerprint density at radius 2 is 2.31 bits per heavy atom. The average molecular weight is 180 g/mol. The van der Waals surface area contributed by atoms with Crippen LogP contribution in [0.2, 0.25) is 0 Å². The minimum atomic E-state index is 0.375. The Balaban J connectivity index is 2.22. The first-order chi connectivity index (χ1) is 6.29. The first-order valence-corrected chi connectivity index (χ1v) is 4.74. The van der Waals surface area contributed by atoms with E-state index in [4.69, 9.17) is 4.74 Å². The molecule has 0 bridgehead atoms. The normalized spacial score (nSPS) is 23.4. The van der Waals surface area contributed by atoms with Gasteiger partial charge in [-0.3, -0.25) is 0 Å². The molecule has 72 valence electrons. The topological polar surface area (TPSA) is 37.0 Å². The molecule has 1 fully saturated rings. The van der Waals surface area contributed by atoms with Crippen molar-refractivity contribution in [1.29, 1.82) is 0 Å². The number of aryl methyl sites for hydroxylation is 2. The highest BCUT2D eigenvalue weighted by Gasteiger charge is 2.19. The van der Waals surface area contributed by atoms with Gasteiger partial charge in [-0.05, 0) is 25.0 Å². The SMILES string of the molecule is Cc1c[nH]c(C)c1C1COCCN1. The number of aromatic amines is 1.